The molecule has 2 atom stereocenters. The Morgan fingerprint density at radius 3 is 2.96 bits per heavy atom. The predicted octanol–water partition coefficient (Wildman–Crippen LogP) is 4.67. The van der Waals surface area contributed by atoms with Gasteiger partial charge in [0.2, 0.25) is 0 Å². The smallest absolute Gasteiger partial charge is 0.128 e. The third kappa shape index (κ3) is 2.44. The van der Waals surface area contributed by atoms with Crippen LogP contribution in [0.2, 0.25) is 0 Å². The molecule has 2 aliphatic carbocycles. The molecule has 5 rings (SSSR count). The summed E-state index contributed by atoms with van der Waals surface area (Å²) >= 11 is 2.11. The molecule has 1 fully saturated rings. The number of nitrogens with zero attached hydrogens (tertiary/aromatic N) is 2. The van der Waals surface area contributed by atoms with Crippen LogP contribution in [0.4, 0.5) is 0 Å². The van der Waals surface area contributed by atoms with Crippen LogP contribution >= 0.6 is 11.8 Å². The maximum atomic E-state index is 4.79. The van der Waals surface area contributed by atoms with Crippen molar-refractivity contribution in [1.82, 2.24) is 4.90 Å². The highest BCUT2D eigenvalue weighted by Crippen LogP contribution is 2.62. The highest BCUT2D eigenvalue weighted by molar-refractivity contribution is 8.00. The standard InChI is InChI=1S/C22H22N2S/c1-24-13-12-23-21(24)20-11-5-9-18-14-22(18,20)25-15-17-8-4-7-16-6-2-3-10-19(16)17/h2-11,18H,12-15H2,1H3. The van der Waals surface area contributed by atoms with Crippen LogP contribution in [-0.2, 0) is 5.75 Å². The molecule has 0 spiro atoms. The molecule has 25 heavy (non-hydrogen) atoms. The zero-order chi connectivity index (χ0) is 16.9. The normalized spacial score (nSPS) is 27.2. The van der Waals surface area contributed by atoms with E-state index in [-0.39, 0.29) is 4.75 Å². The van der Waals surface area contributed by atoms with Crippen molar-refractivity contribution < 1.29 is 0 Å². The monoisotopic (exact) mass is 346 g/mol. The molecule has 0 N–H and O–H groups in total. The van der Waals surface area contributed by atoms with Crippen molar-refractivity contribution >= 4 is 28.4 Å². The van der Waals surface area contributed by atoms with E-state index in [2.05, 4.69) is 84.4 Å². The number of likely N-dealkylation sites (N-methyl/N-ethyl adjacent to an activating group) is 1. The van der Waals surface area contributed by atoms with E-state index in [1.807, 2.05) is 0 Å². The number of hydrogen-bond donors (Lipinski definition) is 0. The van der Waals surface area contributed by atoms with E-state index in [1.165, 1.54) is 34.2 Å². The molecule has 0 saturated heterocycles. The Balaban J connectivity index is 1.44. The molecule has 0 radical (unpaired) electrons. The molecule has 3 heteroatoms. The highest BCUT2D eigenvalue weighted by Gasteiger charge is 2.58. The lowest BCUT2D eigenvalue weighted by Gasteiger charge is -2.26. The number of thioether (sulfide) groups is 1. The molecule has 1 saturated carbocycles. The van der Waals surface area contributed by atoms with E-state index in [0.29, 0.717) is 5.92 Å². The number of amidine groups is 1. The first-order valence-corrected chi connectivity index (χ1v) is 10.0. The van der Waals surface area contributed by atoms with E-state index in [9.17, 15) is 0 Å². The topological polar surface area (TPSA) is 15.6 Å². The van der Waals surface area contributed by atoms with Crippen LogP contribution in [0.25, 0.3) is 10.8 Å². The summed E-state index contributed by atoms with van der Waals surface area (Å²) < 4.78 is 0.239. The van der Waals surface area contributed by atoms with E-state index in [1.54, 1.807) is 0 Å². The quantitative estimate of drug-likeness (QED) is 0.799. The summed E-state index contributed by atoms with van der Waals surface area (Å²) in [5.41, 5.74) is 2.89. The van der Waals surface area contributed by atoms with Gasteiger partial charge in [-0.15, -0.1) is 11.8 Å². The zero-order valence-corrected chi connectivity index (χ0v) is 15.3. The lowest BCUT2D eigenvalue weighted by atomic mass is 10.0. The highest BCUT2D eigenvalue weighted by atomic mass is 32.2. The van der Waals surface area contributed by atoms with Crippen molar-refractivity contribution in [2.24, 2.45) is 10.9 Å². The third-order valence-electron chi connectivity index (χ3n) is 5.69. The molecule has 2 aromatic rings. The Kier molecular flexibility index (Phi) is 3.53. The van der Waals surface area contributed by atoms with Gasteiger partial charge in [-0.3, -0.25) is 4.99 Å². The molecule has 3 aliphatic rings. The van der Waals surface area contributed by atoms with E-state index in [0.717, 1.165) is 18.8 Å². The van der Waals surface area contributed by atoms with Gasteiger partial charge < -0.3 is 4.90 Å². The summed E-state index contributed by atoms with van der Waals surface area (Å²) in [6.07, 6.45) is 8.17. The SMILES string of the molecule is CN1CCN=C1C1=CC=CC2CC12SCc1cccc2ccccc12. The van der Waals surface area contributed by atoms with Crippen molar-refractivity contribution in [3.63, 3.8) is 0 Å². The van der Waals surface area contributed by atoms with Gasteiger partial charge in [0.05, 0.1) is 11.3 Å². The molecule has 2 nitrogen and oxygen atoms in total. The van der Waals surface area contributed by atoms with Crippen LogP contribution in [-0.4, -0.2) is 35.6 Å². The van der Waals surface area contributed by atoms with Gasteiger partial charge in [0.15, 0.2) is 0 Å². The number of benzene rings is 2. The van der Waals surface area contributed by atoms with E-state index >= 15 is 0 Å². The summed E-state index contributed by atoms with van der Waals surface area (Å²) in [6, 6.07) is 15.4. The number of allylic oxidation sites excluding steroid dienone is 3. The van der Waals surface area contributed by atoms with Crippen molar-refractivity contribution in [2.75, 3.05) is 20.1 Å². The second-order valence-electron chi connectivity index (χ2n) is 7.22. The number of hydrogen-bond acceptors (Lipinski definition) is 3. The van der Waals surface area contributed by atoms with Gasteiger partial charge in [-0.05, 0) is 28.7 Å². The molecule has 1 heterocycles. The van der Waals surface area contributed by atoms with Crippen LogP contribution in [0, 0.1) is 5.92 Å². The van der Waals surface area contributed by atoms with Gasteiger partial charge in [-0.25, -0.2) is 0 Å². The minimum atomic E-state index is 0.239. The van der Waals surface area contributed by atoms with Gasteiger partial charge in [0, 0.05) is 24.9 Å². The fraction of sp³-hybridized carbons (Fsp3) is 0.318. The molecule has 0 bridgehead atoms. The van der Waals surface area contributed by atoms with Crippen LogP contribution in [0.15, 0.2) is 71.3 Å². The van der Waals surface area contributed by atoms with Crippen LogP contribution < -0.4 is 0 Å². The molecule has 0 aromatic heterocycles. The van der Waals surface area contributed by atoms with Crippen molar-refractivity contribution in [3.05, 3.63) is 71.8 Å². The maximum Gasteiger partial charge on any atom is 0.128 e. The fourth-order valence-corrected chi connectivity index (χ4v) is 5.75. The number of aliphatic imine (C=N–C) groups is 1. The fourth-order valence-electron chi connectivity index (χ4n) is 4.18. The van der Waals surface area contributed by atoms with Gasteiger partial charge in [-0.1, -0.05) is 60.7 Å². The molecule has 2 unspecified atom stereocenters. The molecular formula is C22H22N2S. The summed E-state index contributed by atoms with van der Waals surface area (Å²) in [5, 5.41) is 2.72. The number of rotatable bonds is 4. The first kappa shape index (κ1) is 15.3. The summed E-state index contributed by atoms with van der Waals surface area (Å²) in [5.74, 6) is 2.95. The molecule has 1 aliphatic heterocycles. The molecule has 2 aromatic carbocycles. The first-order chi connectivity index (χ1) is 12.3. The Bertz CT molecular complexity index is 921. The van der Waals surface area contributed by atoms with Crippen molar-refractivity contribution in [3.8, 4) is 0 Å². The minimum absolute atomic E-state index is 0.239. The van der Waals surface area contributed by atoms with E-state index in [4.69, 9.17) is 4.99 Å². The minimum Gasteiger partial charge on any atom is -0.358 e. The Hall–Kier alpha value is -2.00. The van der Waals surface area contributed by atoms with Crippen LogP contribution in [0.1, 0.15) is 12.0 Å². The second-order valence-corrected chi connectivity index (χ2v) is 8.53. The largest absolute Gasteiger partial charge is 0.358 e. The maximum absolute atomic E-state index is 4.79. The second kappa shape index (κ2) is 5.77. The first-order valence-electron chi connectivity index (χ1n) is 9.03. The summed E-state index contributed by atoms with van der Waals surface area (Å²) in [7, 11) is 2.17. The Morgan fingerprint density at radius 1 is 1.20 bits per heavy atom. The summed E-state index contributed by atoms with van der Waals surface area (Å²) in [6.45, 7) is 1.98. The Morgan fingerprint density at radius 2 is 2.08 bits per heavy atom. The average Bonchev–Trinajstić information content (AvgIpc) is 3.24. The van der Waals surface area contributed by atoms with Crippen molar-refractivity contribution in [1.29, 1.82) is 0 Å². The lowest BCUT2D eigenvalue weighted by Crippen LogP contribution is -2.30. The number of fused-ring (bicyclic) bond motifs is 2. The van der Waals surface area contributed by atoms with Crippen molar-refractivity contribution in [2.45, 2.75) is 16.9 Å². The Labute approximate surface area is 153 Å². The average molecular weight is 346 g/mol. The molecule has 126 valence electrons. The van der Waals surface area contributed by atoms with E-state index < -0.39 is 0 Å². The van der Waals surface area contributed by atoms with Gasteiger partial charge in [0.1, 0.15) is 5.84 Å². The molecular weight excluding hydrogens is 324 g/mol. The van der Waals surface area contributed by atoms with Crippen LogP contribution in [0.3, 0.4) is 0 Å². The van der Waals surface area contributed by atoms with Crippen LogP contribution in [0.5, 0.6) is 0 Å². The summed E-state index contributed by atoms with van der Waals surface area (Å²) in [4.78, 5) is 7.11. The van der Waals surface area contributed by atoms with Gasteiger partial charge >= 0.3 is 0 Å². The van der Waals surface area contributed by atoms with Gasteiger partial charge in [0.25, 0.3) is 0 Å². The third-order valence-corrected chi connectivity index (χ3v) is 7.35. The predicted molar refractivity (Wildman–Crippen MR) is 108 cm³/mol. The zero-order valence-electron chi connectivity index (χ0n) is 14.5. The molecule has 0 amide bonds. The lowest BCUT2D eigenvalue weighted by molar-refractivity contribution is 0.553. The van der Waals surface area contributed by atoms with Gasteiger partial charge in [-0.2, -0.15) is 0 Å².